The van der Waals surface area contributed by atoms with Gasteiger partial charge in [-0.3, -0.25) is 14.4 Å². The van der Waals surface area contributed by atoms with Crippen molar-refractivity contribution in [1.82, 2.24) is 19.9 Å². The molecule has 248 valence electrons. The number of nitrogens with zero attached hydrogens (tertiary/aromatic N) is 5. The summed E-state index contributed by atoms with van der Waals surface area (Å²) in [5, 5.41) is 7.03. The van der Waals surface area contributed by atoms with E-state index in [4.69, 9.17) is 31.5 Å². The van der Waals surface area contributed by atoms with Crippen LogP contribution in [-0.2, 0) is 23.8 Å². The molecule has 1 saturated heterocycles. The van der Waals surface area contributed by atoms with Gasteiger partial charge in [0.05, 0.1) is 63.0 Å². The fourth-order valence-electron chi connectivity index (χ4n) is 4.51. The Balaban J connectivity index is 1.17. The number of aromatic nitrogens is 3. The SMILES string of the molecule is Cc1nc(Nc2ncc(C(=O)Nc3c(C)cccc3Cl)s2)cc(N2CCN(C(=O)CCOCCOCCOCCC(N)=O)CC2)n1. The summed E-state index contributed by atoms with van der Waals surface area (Å²) in [6.45, 7) is 8.22. The van der Waals surface area contributed by atoms with Gasteiger partial charge < -0.3 is 40.4 Å². The van der Waals surface area contributed by atoms with Crippen LogP contribution in [-0.4, -0.2) is 103 Å². The van der Waals surface area contributed by atoms with Crippen LogP contribution in [0.15, 0.2) is 30.5 Å². The van der Waals surface area contributed by atoms with E-state index in [1.54, 1.807) is 6.07 Å². The third-order valence-electron chi connectivity index (χ3n) is 6.90. The van der Waals surface area contributed by atoms with Gasteiger partial charge in [0.1, 0.15) is 22.3 Å². The quantitative estimate of drug-likeness (QED) is 0.179. The molecule has 1 aliphatic heterocycles. The third kappa shape index (κ3) is 10.9. The minimum atomic E-state index is -0.396. The van der Waals surface area contributed by atoms with Gasteiger partial charge in [-0.1, -0.05) is 35.1 Å². The van der Waals surface area contributed by atoms with Crippen molar-refractivity contribution in [3.63, 3.8) is 0 Å². The number of carbonyl (C=O) groups excluding carboxylic acids is 3. The minimum absolute atomic E-state index is 0.0398. The first-order chi connectivity index (χ1) is 22.2. The summed E-state index contributed by atoms with van der Waals surface area (Å²) in [5.74, 6) is 1.23. The van der Waals surface area contributed by atoms with Gasteiger partial charge in [-0.25, -0.2) is 15.0 Å². The van der Waals surface area contributed by atoms with Gasteiger partial charge in [-0.15, -0.1) is 0 Å². The molecule has 0 aliphatic carbocycles. The van der Waals surface area contributed by atoms with E-state index in [1.165, 1.54) is 17.5 Å². The normalized spacial score (nSPS) is 13.1. The van der Waals surface area contributed by atoms with Crippen LogP contribution in [0.4, 0.5) is 22.5 Å². The molecule has 46 heavy (non-hydrogen) atoms. The van der Waals surface area contributed by atoms with Crippen molar-refractivity contribution in [2.75, 3.05) is 81.4 Å². The summed E-state index contributed by atoms with van der Waals surface area (Å²) in [4.78, 5) is 54.0. The molecule has 0 bridgehead atoms. The number of carbonyl (C=O) groups is 3. The Morgan fingerprint density at radius 2 is 1.63 bits per heavy atom. The molecule has 0 saturated carbocycles. The smallest absolute Gasteiger partial charge is 0.267 e. The number of para-hydroxylation sites is 1. The second kappa shape index (κ2) is 17.7. The Morgan fingerprint density at radius 3 is 2.30 bits per heavy atom. The summed E-state index contributed by atoms with van der Waals surface area (Å²) in [6.07, 6.45) is 1.99. The first-order valence-electron chi connectivity index (χ1n) is 14.9. The summed E-state index contributed by atoms with van der Waals surface area (Å²) >= 11 is 7.46. The molecule has 0 spiro atoms. The fraction of sp³-hybridized carbons (Fsp3) is 0.467. The Kier molecular flexibility index (Phi) is 13.5. The van der Waals surface area contributed by atoms with Gasteiger partial charge in [0.15, 0.2) is 5.13 Å². The van der Waals surface area contributed by atoms with Crippen LogP contribution in [0.1, 0.15) is 33.9 Å². The monoisotopic (exact) mass is 674 g/mol. The second-order valence-electron chi connectivity index (χ2n) is 10.4. The molecule has 0 atom stereocenters. The number of primary amides is 1. The first-order valence-corrected chi connectivity index (χ1v) is 16.1. The molecule has 4 N–H and O–H groups in total. The second-order valence-corrected chi connectivity index (χ2v) is 11.8. The number of halogens is 1. The van der Waals surface area contributed by atoms with Crippen LogP contribution < -0.4 is 21.3 Å². The molecule has 3 heterocycles. The Labute approximate surface area is 276 Å². The van der Waals surface area contributed by atoms with Crippen molar-refractivity contribution in [2.24, 2.45) is 5.73 Å². The molecular weight excluding hydrogens is 636 g/mol. The number of aryl methyl sites for hydroxylation is 2. The molecular formula is C30H39ClN8O6S. The van der Waals surface area contributed by atoms with Crippen molar-refractivity contribution in [2.45, 2.75) is 26.7 Å². The summed E-state index contributed by atoms with van der Waals surface area (Å²) in [6, 6.07) is 7.27. The molecule has 14 nitrogen and oxygen atoms in total. The number of benzene rings is 1. The highest BCUT2D eigenvalue weighted by Crippen LogP contribution is 2.28. The van der Waals surface area contributed by atoms with Crippen molar-refractivity contribution in [3.8, 4) is 0 Å². The molecule has 3 aromatic rings. The van der Waals surface area contributed by atoms with Crippen LogP contribution in [0.3, 0.4) is 0 Å². The van der Waals surface area contributed by atoms with E-state index in [2.05, 4.69) is 30.5 Å². The molecule has 1 aromatic carbocycles. The summed E-state index contributed by atoms with van der Waals surface area (Å²) in [5.41, 5.74) is 6.48. The highest BCUT2D eigenvalue weighted by atomic mass is 35.5. The number of piperazine rings is 1. The zero-order valence-electron chi connectivity index (χ0n) is 25.9. The number of nitrogens with one attached hydrogen (secondary N) is 2. The average molecular weight is 675 g/mol. The van der Waals surface area contributed by atoms with Gasteiger partial charge in [0, 0.05) is 38.7 Å². The van der Waals surface area contributed by atoms with E-state index in [1.807, 2.05) is 36.9 Å². The zero-order valence-corrected chi connectivity index (χ0v) is 27.5. The van der Waals surface area contributed by atoms with Gasteiger partial charge in [0.25, 0.3) is 5.91 Å². The van der Waals surface area contributed by atoms with Crippen LogP contribution in [0.5, 0.6) is 0 Å². The average Bonchev–Trinajstić information content (AvgIpc) is 3.49. The van der Waals surface area contributed by atoms with E-state index in [9.17, 15) is 14.4 Å². The topological polar surface area (TPSA) is 174 Å². The lowest BCUT2D eigenvalue weighted by Gasteiger charge is -2.35. The lowest BCUT2D eigenvalue weighted by molar-refractivity contribution is -0.132. The summed E-state index contributed by atoms with van der Waals surface area (Å²) in [7, 11) is 0. The number of ether oxygens (including phenoxy) is 3. The molecule has 3 amide bonds. The fourth-order valence-corrected chi connectivity index (χ4v) is 5.49. The van der Waals surface area contributed by atoms with Crippen LogP contribution >= 0.6 is 22.9 Å². The van der Waals surface area contributed by atoms with Gasteiger partial charge in [-0.05, 0) is 25.5 Å². The number of rotatable bonds is 17. The third-order valence-corrected chi connectivity index (χ3v) is 8.13. The predicted molar refractivity (Wildman–Crippen MR) is 176 cm³/mol. The Hall–Kier alpha value is -3.89. The van der Waals surface area contributed by atoms with Crippen LogP contribution in [0, 0.1) is 13.8 Å². The van der Waals surface area contributed by atoms with E-state index in [0.29, 0.717) is 98.0 Å². The molecule has 16 heteroatoms. The maximum Gasteiger partial charge on any atom is 0.267 e. The van der Waals surface area contributed by atoms with Crippen LogP contribution in [0.25, 0.3) is 0 Å². The lowest BCUT2D eigenvalue weighted by Crippen LogP contribution is -2.49. The first kappa shape index (κ1) is 35.0. The number of amides is 3. The number of anilines is 4. The van der Waals surface area contributed by atoms with Crippen molar-refractivity contribution < 1.29 is 28.6 Å². The predicted octanol–water partition coefficient (Wildman–Crippen LogP) is 3.16. The van der Waals surface area contributed by atoms with E-state index in [0.717, 1.165) is 11.4 Å². The maximum absolute atomic E-state index is 12.8. The van der Waals surface area contributed by atoms with Gasteiger partial charge in [0.2, 0.25) is 11.8 Å². The zero-order chi connectivity index (χ0) is 32.9. The van der Waals surface area contributed by atoms with E-state index in [-0.39, 0.29) is 24.8 Å². The highest BCUT2D eigenvalue weighted by Gasteiger charge is 2.23. The van der Waals surface area contributed by atoms with Crippen molar-refractivity contribution in [1.29, 1.82) is 0 Å². The molecule has 1 fully saturated rings. The van der Waals surface area contributed by atoms with Crippen molar-refractivity contribution >= 4 is 63.1 Å². The minimum Gasteiger partial charge on any atom is -0.379 e. The Bertz CT molecular complexity index is 1460. The van der Waals surface area contributed by atoms with Crippen LogP contribution in [0.2, 0.25) is 5.02 Å². The lowest BCUT2D eigenvalue weighted by atomic mass is 10.2. The number of thiazole rings is 1. The molecule has 0 unspecified atom stereocenters. The molecule has 0 radical (unpaired) electrons. The van der Waals surface area contributed by atoms with E-state index < -0.39 is 5.91 Å². The molecule has 1 aliphatic rings. The van der Waals surface area contributed by atoms with Gasteiger partial charge in [-0.2, -0.15) is 0 Å². The maximum atomic E-state index is 12.8. The Morgan fingerprint density at radius 1 is 0.957 bits per heavy atom. The highest BCUT2D eigenvalue weighted by molar-refractivity contribution is 7.17. The largest absolute Gasteiger partial charge is 0.379 e. The molecule has 4 rings (SSSR count). The van der Waals surface area contributed by atoms with E-state index >= 15 is 0 Å². The van der Waals surface area contributed by atoms with Gasteiger partial charge >= 0.3 is 0 Å². The number of hydrogen-bond acceptors (Lipinski definition) is 12. The summed E-state index contributed by atoms with van der Waals surface area (Å²) < 4.78 is 16.2. The van der Waals surface area contributed by atoms with Crippen molar-refractivity contribution in [3.05, 3.63) is 51.7 Å². The molecule has 2 aromatic heterocycles. The number of nitrogens with two attached hydrogens (primary N) is 1. The number of hydrogen-bond donors (Lipinski definition) is 3. The standard InChI is InChI=1S/C30H39ClN8O6S/c1-20-4-3-5-22(31)28(20)37-29(42)23-19-33-30(46-23)36-25-18-26(35-21(2)34-25)38-8-10-39(11-9-38)27(41)7-13-44-15-17-45-16-14-43-12-6-24(32)40/h3-5,18-19H,6-17H2,1-2H3,(H2,32,40)(H,37,42)(H,33,34,35,36).